The van der Waals surface area contributed by atoms with Crippen molar-refractivity contribution in [3.05, 3.63) is 23.5 Å². The minimum Gasteiger partial charge on any atom is -0.548 e. The first kappa shape index (κ1) is 18.3. The lowest BCUT2D eigenvalue weighted by Gasteiger charge is -2.33. The van der Waals surface area contributed by atoms with E-state index in [-0.39, 0.29) is 0 Å². The van der Waals surface area contributed by atoms with Crippen LogP contribution in [0.25, 0.3) is 0 Å². The lowest BCUT2D eigenvalue weighted by atomic mass is 9.78. The Labute approximate surface area is 149 Å². The maximum absolute atomic E-state index is 6.39. The zero-order valence-electron chi connectivity index (χ0n) is 16.5. The maximum Gasteiger partial charge on any atom is 0.241 e. The molecule has 2 saturated carbocycles. The van der Waals surface area contributed by atoms with Gasteiger partial charge in [-0.25, -0.2) is 0 Å². The van der Waals surface area contributed by atoms with Crippen LogP contribution in [-0.4, -0.2) is 21.5 Å². The molecule has 0 N–H and O–H groups in total. The van der Waals surface area contributed by atoms with Gasteiger partial charge < -0.3 is 9.16 Å². The van der Waals surface area contributed by atoms with Crippen LogP contribution in [0.5, 0.6) is 0 Å². The molecular weight excluding hydrogens is 312 g/mol. The molecule has 0 aromatic heterocycles. The van der Waals surface area contributed by atoms with Gasteiger partial charge in [-0.2, -0.15) is 0 Å². The van der Waals surface area contributed by atoms with Crippen LogP contribution < -0.4 is 0 Å². The molecule has 2 nitrogen and oxygen atoms in total. The molecule has 3 rings (SSSR count). The molecule has 2 fully saturated rings. The van der Waals surface area contributed by atoms with Crippen molar-refractivity contribution in [2.24, 2.45) is 23.2 Å². The Kier molecular flexibility index (Phi) is 5.05. The van der Waals surface area contributed by atoms with Gasteiger partial charge in [-0.15, -0.1) is 0 Å². The van der Waals surface area contributed by atoms with E-state index in [1.54, 1.807) is 5.57 Å². The van der Waals surface area contributed by atoms with Crippen molar-refractivity contribution < 1.29 is 9.16 Å². The SMILES string of the molecule is CO[C@@H]1C[C@@H]2[C@H]([C@@H]3CC/C(O[Si](C)(C)C)=C\CCCC=C31)C2(C)C. The highest BCUT2D eigenvalue weighted by Gasteiger charge is 2.64. The largest absolute Gasteiger partial charge is 0.548 e. The Morgan fingerprint density at radius 1 is 1.12 bits per heavy atom. The molecule has 0 aromatic carbocycles. The highest BCUT2D eigenvalue weighted by molar-refractivity contribution is 6.70. The predicted octanol–water partition coefficient (Wildman–Crippen LogP) is 5.92. The van der Waals surface area contributed by atoms with Crippen molar-refractivity contribution in [1.82, 2.24) is 0 Å². The second-order valence-electron chi connectivity index (χ2n) is 9.58. The van der Waals surface area contributed by atoms with E-state index < -0.39 is 8.32 Å². The maximum atomic E-state index is 6.39. The molecule has 0 radical (unpaired) electrons. The summed E-state index contributed by atoms with van der Waals surface area (Å²) < 4.78 is 12.3. The van der Waals surface area contributed by atoms with Crippen molar-refractivity contribution >= 4 is 8.32 Å². The number of methoxy groups -OCH3 is 1. The standard InChI is InChI=1S/C21H36O2Si/c1-21(2)18-14-19(22-3)16-11-9-7-8-10-15(23-24(4,5)6)12-13-17(16)20(18)21/h10-11,17-20H,7-9,12-14H2,1-6H3/b15-10+,16-11?/t17-,18-,19-,20+/m1/s1. The van der Waals surface area contributed by atoms with Gasteiger partial charge in [0.1, 0.15) is 0 Å². The second kappa shape index (κ2) is 6.64. The predicted molar refractivity (Wildman–Crippen MR) is 103 cm³/mol. The monoisotopic (exact) mass is 348 g/mol. The minimum absolute atomic E-state index is 0.350. The van der Waals surface area contributed by atoms with Crippen molar-refractivity contribution in [1.29, 1.82) is 0 Å². The fourth-order valence-corrected chi connectivity index (χ4v) is 6.22. The van der Waals surface area contributed by atoms with Crippen molar-refractivity contribution in [2.75, 3.05) is 7.11 Å². The van der Waals surface area contributed by atoms with Crippen LogP contribution >= 0.6 is 0 Å². The smallest absolute Gasteiger partial charge is 0.241 e. The molecule has 0 saturated heterocycles. The van der Waals surface area contributed by atoms with Crippen LogP contribution in [-0.2, 0) is 9.16 Å². The molecule has 4 atom stereocenters. The lowest BCUT2D eigenvalue weighted by Crippen LogP contribution is -2.29. The van der Waals surface area contributed by atoms with Crippen LogP contribution in [0, 0.1) is 23.2 Å². The molecular formula is C21H36O2Si. The van der Waals surface area contributed by atoms with E-state index in [4.69, 9.17) is 9.16 Å². The summed E-state index contributed by atoms with van der Waals surface area (Å²) in [5.41, 5.74) is 2.10. The normalized spacial score (nSPS) is 38.1. The zero-order chi connectivity index (χ0) is 17.5. The summed E-state index contributed by atoms with van der Waals surface area (Å²) in [6, 6.07) is 0. The summed E-state index contributed by atoms with van der Waals surface area (Å²) >= 11 is 0. The minimum atomic E-state index is -1.52. The van der Waals surface area contributed by atoms with Crippen LogP contribution in [0.4, 0.5) is 0 Å². The van der Waals surface area contributed by atoms with Gasteiger partial charge in [0.25, 0.3) is 0 Å². The Morgan fingerprint density at radius 3 is 2.50 bits per heavy atom. The molecule has 136 valence electrons. The molecule has 0 aliphatic heterocycles. The van der Waals surface area contributed by atoms with E-state index >= 15 is 0 Å². The number of fused-ring (bicyclic) bond motifs is 3. The van der Waals surface area contributed by atoms with Crippen LogP contribution in [0.3, 0.4) is 0 Å². The van der Waals surface area contributed by atoms with E-state index in [1.165, 1.54) is 31.4 Å². The molecule has 0 heterocycles. The first-order chi connectivity index (χ1) is 11.2. The fourth-order valence-electron chi connectivity index (χ4n) is 5.25. The van der Waals surface area contributed by atoms with Gasteiger partial charge in [0.15, 0.2) is 0 Å². The van der Waals surface area contributed by atoms with Gasteiger partial charge in [0.2, 0.25) is 8.32 Å². The third kappa shape index (κ3) is 3.67. The van der Waals surface area contributed by atoms with Gasteiger partial charge in [0, 0.05) is 13.5 Å². The fraction of sp³-hybridized carbons (Fsp3) is 0.810. The highest BCUT2D eigenvalue weighted by Crippen LogP contribution is 2.69. The van der Waals surface area contributed by atoms with Gasteiger partial charge in [0.05, 0.1) is 11.9 Å². The molecule has 0 amide bonds. The van der Waals surface area contributed by atoms with Gasteiger partial charge >= 0.3 is 0 Å². The van der Waals surface area contributed by atoms with E-state index in [2.05, 4.69) is 45.6 Å². The van der Waals surface area contributed by atoms with E-state index in [0.717, 1.165) is 24.7 Å². The van der Waals surface area contributed by atoms with Gasteiger partial charge in [-0.05, 0) is 86.6 Å². The molecule has 0 unspecified atom stereocenters. The van der Waals surface area contributed by atoms with E-state index in [9.17, 15) is 0 Å². The zero-order valence-corrected chi connectivity index (χ0v) is 17.5. The highest BCUT2D eigenvalue weighted by atomic mass is 28.4. The average molecular weight is 349 g/mol. The number of hydrogen-bond acceptors (Lipinski definition) is 2. The summed E-state index contributed by atoms with van der Waals surface area (Å²) in [6.07, 6.45) is 12.4. The summed E-state index contributed by atoms with van der Waals surface area (Å²) in [5.74, 6) is 3.65. The summed E-state index contributed by atoms with van der Waals surface area (Å²) in [6.45, 7) is 11.8. The van der Waals surface area contributed by atoms with Gasteiger partial charge in [-0.1, -0.05) is 19.9 Å². The number of rotatable bonds is 3. The van der Waals surface area contributed by atoms with E-state index in [1.807, 2.05) is 7.11 Å². The van der Waals surface area contributed by atoms with Gasteiger partial charge in [-0.3, -0.25) is 0 Å². The molecule has 0 bridgehead atoms. The first-order valence-electron chi connectivity index (χ1n) is 9.85. The molecule has 3 aliphatic carbocycles. The van der Waals surface area contributed by atoms with Crippen LogP contribution in [0.2, 0.25) is 19.6 Å². The first-order valence-corrected chi connectivity index (χ1v) is 13.3. The van der Waals surface area contributed by atoms with Crippen LogP contribution in [0.15, 0.2) is 23.5 Å². The number of allylic oxidation sites excluding steroid dienone is 3. The Balaban J connectivity index is 1.81. The Bertz CT molecular complexity index is 526. The Morgan fingerprint density at radius 2 is 1.83 bits per heavy atom. The van der Waals surface area contributed by atoms with Crippen molar-refractivity contribution in [3.8, 4) is 0 Å². The number of hydrogen-bond donors (Lipinski definition) is 0. The van der Waals surface area contributed by atoms with Crippen LogP contribution in [0.1, 0.15) is 52.4 Å². The lowest BCUT2D eigenvalue weighted by molar-refractivity contribution is 0.0906. The molecule has 3 heteroatoms. The molecule has 0 aromatic rings. The summed E-state index contributed by atoms with van der Waals surface area (Å²) in [7, 11) is 0.381. The van der Waals surface area contributed by atoms with Crippen molar-refractivity contribution in [2.45, 2.75) is 78.1 Å². The van der Waals surface area contributed by atoms with E-state index in [0.29, 0.717) is 17.4 Å². The number of ether oxygens (including phenoxy) is 1. The third-order valence-electron chi connectivity index (χ3n) is 6.42. The molecule has 3 aliphatic rings. The summed E-state index contributed by atoms with van der Waals surface area (Å²) in [5, 5.41) is 0. The molecule has 0 spiro atoms. The summed E-state index contributed by atoms with van der Waals surface area (Å²) in [4.78, 5) is 0. The van der Waals surface area contributed by atoms with Crippen molar-refractivity contribution in [3.63, 3.8) is 0 Å². The quantitative estimate of drug-likeness (QED) is 0.465. The second-order valence-corrected chi connectivity index (χ2v) is 14.0. The molecule has 24 heavy (non-hydrogen) atoms. The third-order valence-corrected chi connectivity index (χ3v) is 7.30. The average Bonchev–Trinajstić information content (AvgIpc) is 3.04. The topological polar surface area (TPSA) is 18.5 Å². The Hall–Kier alpha value is -0.543.